The summed E-state index contributed by atoms with van der Waals surface area (Å²) >= 11 is 0. The quantitative estimate of drug-likeness (QED) is 0.270. The fourth-order valence-electron chi connectivity index (χ4n) is 5.19. The molecule has 1 aromatic rings. The molecule has 0 N–H and O–H groups in total. The van der Waals surface area contributed by atoms with Crippen molar-refractivity contribution in [1.82, 2.24) is 4.90 Å². The number of carbonyl (C=O) groups is 4. The molecule has 3 aliphatic rings. The maximum Gasteiger partial charge on any atom is 0.329 e. The standard InChI is InChI=1S/C26H31NO10/c1-5-34-23(30)17(13-16-7-8-18(32-3)19(14-16)33-4)27-20-9-10-25(36-11-12-37-25)15-26(20,21(28)22(27)29)24(31)35-6-2/h7-9,14,17H,5-6,10-13,15H2,1-4H3/t17-,26-/m0/s1. The van der Waals surface area contributed by atoms with Gasteiger partial charge in [-0.1, -0.05) is 12.1 Å². The fourth-order valence-corrected chi connectivity index (χ4v) is 5.19. The Morgan fingerprint density at radius 1 is 1.03 bits per heavy atom. The molecule has 0 unspecified atom stereocenters. The van der Waals surface area contributed by atoms with E-state index in [1.165, 1.54) is 14.2 Å². The van der Waals surface area contributed by atoms with Crippen LogP contribution in [0, 0.1) is 5.41 Å². The maximum absolute atomic E-state index is 13.6. The molecular formula is C26H31NO10. The number of hydrogen-bond donors (Lipinski definition) is 0. The van der Waals surface area contributed by atoms with Crippen LogP contribution in [0.15, 0.2) is 30.0 Å². The Labute approximate surface area is 214 Å². The van der Waals surface area contributed by atoms with E-state index in [0.29, 0.717) is 30.3 Å². The van der Waals surface area contributed by atoms with Crippen molar-refractivity contribution >= 4 is 23.6 Å². The first-order chi connectivity index (χ1) is 17.8. The summed E-state index contributed by atoms with van der Waals surface area (Å²) in [6.07, 6.45) is 1.52. The minimum atomic E-state index is -1.99. The smallest absolute Gasteiger partial charge is 0.329 e. The van der Waals surface area contributed by atoms with Crippen molar-refractivity contribution in [3.63, 3.8) is 0 Å². The van der Waals surface area contributed by atoms with Gasteiger partial charge in [0.1, 0.15) is 6.04 Å². The monoisotopic (exact) mass is 517 g/mol. The first-order valence-electron chi connectivity index (χ1n) is 12.2. The second kappa shape index (κ2) is 10.5. The zero-order chi connectivity index (χ0) is 26.8. The third-order valence-corrected chi connectivity index (χ3v) is 6.82. The largest absolute Gasteiger partial charge is 0.493 e. The topological polar surface area (TPSA) is 127 Å². The zero-order valence-electron chi connectivity index (χ0n) is 21.4. The first-order valence-corrected chi connectivity index (χ1v) is 12.2. The lowest BCUT2D eigenvalue weighted by atomic mass is 9.72. The van der Waals surface area contributed by atoms with E-state index in [9.17, 15) is 19.2 Å². The van der Waals surface area contributed by atoms with Crippen molar-refractivity contribution in [2.24, 2.45) is 5.41 Å². The summed E-state index contributed by atoms with van der Waals surface area (Å²) in [4.78, 5) is 54.8. The first kappa shape index (κ1) is 26.6. The van der Waals surface area contributed by atoms with Gasteiger partial charge in [0.2, 0.25) is 5.78 Å². The predicted octanol–water partition coefficient (Wildman–Crippen LogP) is 1.56. The number of benzene rings is 1. The number of hydrogen-bond acceptors (Lipinski definition) is 10. The molecule has 2 saturated heterocycles. The number of likely N-dealkylation sites (tertiary alicyclic amines) is 1. The van der Waals surface area contributed by atoms with Gasteiger partial charge in [0.25, 0.3) is 5.91 Å². The molecule has 4 rings (SSSR count). The molecule has 0 aromatic heterocycles. The Morgan fingerprint density at radius 3 is 2.32 bits per heavy atom. The van der Waals surface area contributed by atoms with Gasteiger partial charge in [-0.25, -0.2) is 4.79 Å². The average molecular weight is 518 g/mol. The Kier molecular flexibility index (Phi) is 7.56. The van der Waals surface area contributed by atoms with Crippen molar-refractivity contribution in [1.29, 1.82) is 0 Å². The normalized spacial score (nSPS) is 22.9. The molecular weight excluding hydrogens is 486 g/mol. The van der Waals surface area contributed by atoms with Crippen LogP contribution in [0.1, 0.15) is 32.3 Å². The Hall–Kier alpha value is -3.44. The van der Waals surface area contributed by atoms with Gasteiger partial charge in [-0.15, -0.1) is 0 Å². The van der Waals surface area contributed by atoms with E-state index in [-0.39, 0.29) is 38.2 Å². The molecule has 200 valence electrons. The summed E-state index contributed by atoms with van der Waals surface area (Å²) in [6, 6.07) is 3.85. The SMILES string of the molecule is CCOC(=O)[C@H](Cc1ccc(OC)c(OC)c1)N1C(=O)C(=O)[C@]2(C(=O)OCC)CC3(CC=C12)OCCO3. The zero-order valence-corrected chi connectivity index (χ0v) is 21.4. The maximum atomic E-state index is 13.6. The molecule has 1 aliphatic carbocycles. The lowest BCUT2D eigenvalue weighted by Gasteiger charge is -2.40. The highest BCUT2D eigenvalue weighted by atomic mass is 16.7. The van der Waals surface area contributed by atoms with E-state index < -0.39 is 40.9 Å². The number of fused-ring (bicyclic) bond motifs is 1. The number of rotatable bonds is 9. The van der Waals surface area contributed by atoms with Crippen LogP contribution in [0.3, 0.4) is 0 Å². The minimum absolute atomic E-state index is 0.00298. The van der Waals surface area contributed by atoms with E-state index >= 15 is 0 Å². The lowest BCUT2D eigenvalue weighted by Crippen LogP contribution is -2.51. The highest BCUT2D eigenvalue weighted by molar-refractivity contribution is 6.46. The van der Waals surface area contributed by atoms with Crippen LogP contribution in [-0.2, 0) is 44.5 Å². The lowest BCUT2D eigenvalue weighted by molar-refractivity contribution is -0.193. The van der Waals surface area contributed by atoms with Crippen LogP contribution >= 0.6 is 0 Å². The molecule has 1 spiro atoms. The molecule has 1 amide bonds. The summed E-state index contributed by atoms with van der Waals surface area (Å²) < 4.78 is 32.8. The Balaban J connectivity index is 1.80. The van der Waals surface area contributed by atoms with E-state index in [1.54, 1.807) is 38.1 Å². The average Bonchev–Trinajstić information content (AvgIpc) is 3.43. The molecule has 2 heterocycles. The summed E-state index contributed by atoms with van der Waals surface area (Å²) in [5.41, 5.74) is -1.28. The molecule has 0 saturated carbocycles. The second-order valence-electron chi connectivity index (χ2n) is 8.87. The molecule has 0 radical (unpaired) electrons. The van der Waals surface area contributed by atoms with Gasteiger partial charge >= 0.3 is 11.9 Å². The number of esters is 2. The van der Waals surface area contributed by atoms with Crippen molar-refractivity contribution in [3.05, 3.63) is 35.5 Å². The van der Waals surface area contributed by atoms with Gasteiger partial charge in [-0.3, -0.25) is 19.3 Å². The Morgan fingerprint density at radius 2 is 1.70 bits per heavy atom. The van der Waals surface area contributed by atoms with Crippen molar-refractivity contribution in [3.8, 4) is 11.5 Å². The highest BCUT2D eigenvalue weighted by Gasteiger charge is 2.68. The van der Waals surface area contributed by atoms with Gasteiger partial charge in [-0.05, 0) is 31.5 Å². The summed E-state index contributed by atoms with van der Waals surface area (Å²) in [5, 5.41) is 0. The van der Waals surface area contributed by atoms with Crippen LogP contribution < -0.4 is 9.47 Å². The predicted molar refractivity (Wildman–Crippen MR) is 127 cm³/mol. The molecule has 1 aromatic carbocycles. The molecule has 0 bridgehead atoms. The van der Waals surface area contributed by atoms with Crippen LogP contribution in [0.4, 0.5) is 0 Å². The number of nitrogens with zero attached hydrogens (tertiary/aromatic N) is 1. The number of carbonyl (C=O) groups excluding carboxylic acids is 4. The number of ether oxygens (including phenoxy) is 6. The van der Waals surface area contributed by atoms with E-state index in [4.69, 9.17) is 28.4 Å². The molecule has 11 nitrogen and oxygen atoms in total. The van der Waals surface area contributed by atoms with E-state index in [0.717, 1.165) is 4.90 Å². The second-order valence-corrected chi connectivity index (χ2v) is 8.87. The highest BCUT2D eigenvalue weighted by Crippen LogP contribution is 2.53. The summed E-state index contributed by atoms with van der Waals surface area (Å²) in [6.45, 7) is 3.89. The van der Waals surface area contributed by atoms with Crippen LogP contribution in [0.5, 0.6) is 11.5 Å². The molecule has 37 heavy (non-hydrogen) atoms. The number of amides is 1. The van der Waals surface area contributed by atoms with Crippen LogP contribution in [0.25, 0.3) is 0 Å². The van der Waals surface area contributed by atoms with Crippen LogP contribution in [-0.4, -0.2) is 81.0 Å². The summed E-state index contributed by atoms with van der Waals surface area (Å²) in [5.74, 6) is -3.89. The third kappa shape index (κ3) is 4.46. The van der Waals surface area contributed by atoms with Crippen LogP contribution in [0.2, 0.25) is 0 Å². The minimum Gasteiger partial charge on any atom is -0.493 e. The third-order valence-electron chi connectivity index (χ3n) is 6.82. The van der Waals surface area contributed by atoms with Gasteiger partial charge in [0, 0.05) is 25.0 Å². The van der Waals surface area contributed by atoms with Gasteiger partial charge in [0.15, 0.2) is 22.7 Å². The molecule has 2 fully saturated rings. The van der Waals surface area contributed by atoms with E-state index in [2.05, 4.69) is 0 Å². The molecule has 2 aliphatic heterocycles. The number of Topliss-reactive ketones (excluding diaryl/α,β-unsaturated/α-hetero) is 1. The van der Waals surface area contributed by atoms with Gasteiger partial charge < -0.3 is 28.4 Å². The van der Waals surface area contributed by atoms with Crippen molar-refractivity contribution in [2.75, 3.05) is 40.6 Å². The van der Waals surface area contributed by atoms with Crippen molar-refractivity contribution in [2.45, 2.75) is 44.9 Å². The van der Waals surface area contributed by atoms with Gasteiger partial charge in [-0.2, -0.15) is 0 Å². The molecule has 2 atom stereocenters. The van der Waals surface area contributed by atoms with Gasteiger partial charge in [0.05, 0.1) is 40.6 Å². The molecule has 11 heteroatoms. The summed E-state index contributed by atoms with van der Waals surface area (Å²) in [7, 11) is 2.99. The number of ketones is 1. The van der Waals surface area contributed by atoms with E-state index in [1.807, 2.05) is 0 Å². The van der Waals surface area contributed by atoms with Crippen molar-refractivity contribution < 1.29 is 47.6 Å². The number of methoxy groups -OCH3 is 2. The fraction of sp³-hybridized carbons (Fsp3) is 0.538. The Bertz CT molecular complexity index is 1120.